The lowest BCUT2D eigenvalue weighted by Gasteiger charge is -2.08. The van der Waals surface area contributed by atoms with Gasteiger partial charge >= 0.3 is 0 Å². The molecule has 0 aliphatic carbocycles. The van der Waals surface area contributed by atoms with E-state index >= 15 is 0 Å². The molecule has 0 spiro atoms. The number of halogens is 2. The Hall–Kier alpha value is -2.60. The lowest BCUT2D eigenvalue weighted by molar-refractivity contribution is 0.687. The molecule has 0 unspecified atom stereocenters. The van der Waals surface area contributed by atoms with Crippen LogP contribution in [0.15, 0.2) is 67.3 Å². The van der Waals surface area contributed by atoms with E-state index in [1.807, 2.05) is 39.7 Å². The fraction of sp³-hybridized carbons (Fsp3) is 0.182. The lowest BCUT2D eigenvalue weighted by atomic mass is 10.1. The summed E-state index contributed by atoms with van der Waals surface area (Å²) in [5.41, 5.74) is 6.77. The van der Waals surface area contributed by atoms with Gasteiger partial charge in [0.25, 0.3) is 0 Å². The topological polar surface area (TPSA) is 47.7 Å². The van der Waals surface area contributed by atoms with Gasteiger partial charge in [0.05, 0.1) is 17.7 Å². The normalized spacial score (nSPS) is 10.7. The van der Waals surface area contributed by atoms with Gasteiger partial charge in [-0.1, -0.05) is 23.7 Å². The van der Waals surface area contributed by atoms with Crippen molar-refractivity contribution in [2.24, 2.45) is 0 Å². The third-order valence-electron chi connectivity index (χ3n) is 4.88. The van der Waals surface area contributed by atoms with Crippen LogP contribution in [0, 0.1) is 13.8 Å². The first kappa shape index (κ1) is 21.1. The number of aryl methyl sites for hydroxylation is 1. The molecule has 5 nitrogen and oxygen atoms in total. The summed E-state index contributed by atoms with van der Waals surface area (Å²) in [6.07, 6.45) is 5.53. The van der Waals surface area contributed by atoms with E-state index in [0.717, 1.165) is 40.9 Å². The summed E-state index contributed by atoms with van der Waals surface area (Å²) in [6, 6.07) is 16.2. The molecule has 0 saturated carbocycles. The maximum absolute atomic E-state index is 6.00. The molecular formula is C22H23Cl2N5. The molecule has 2 heterocycles. The van der Waals surface area contributed by atoms with Gasteiger partial charge in [-0.25, -0.2) is 9.67 Å². The van der Waals surface area contributed by atoms with E-state index in [9.17, 15) is 0 Å². The number of nitrogens with one attached hydrogen (secondary N) is 1. The van der Waals surface area contributed by atoms with Gasteiger partial charge in [0, 0.05) is 47.5 Å². The standard InChI is InChI=1S/C22H22ClN5.ClH/c1-16-22(17(2)28(26-16)21-9-5-19(23)6-10-21)14-25-13-18-3-7-20(8-4-18)27-12-11-24-15-27;/h3-12,15,25H,13-14H2,1-2H3;1H. The van der Waals surface area contributed by atoms with Crippen molar-refractivity contribution in [3.05, 3.63) is 94.8 Å². The molecule has 0 fully saturated rings. The second kappa shape index (κ2) is 9.27. The summed E-state index contributed by atoms with van der Waals surface area (Å²) in [7, 11) is 0. The molecule has 0 bridgehead atoms. The summed E-state index contributed by atoms with van der Waals surface area (Å²) in [6.45, 7) is 5.73. The highest BCUT2D eigenvalue weighted by Gasteiger charge is 2.12. The molecule has 4 aromatic rings. The van der Waals surface area contributed by atoms with E-state index in [2.05, 4.69) is 48.4 Å². The van der Waals surface area contributed by atoms with Crippen LogP contribution >= 0.6 is 24.0 Å². The van der Waals surface area contributed by atoms with Crippen LogP contribution in [-0.2, 0) is 13.1 Å². The second-order valence-corrected chi connectivity index (χ2v) is 7.21. The van der Waals surface area contributed by atoms with Crippen LogP contribution in [0.4, 0.5) is 0 Å². The van der Waals surface area contributed by atoms with E-state index in [-0.39, 0.29) is 12.4 Å². The minimum absolute atomic E-state index is 0. The fourth-order valence-electron chi connectivity index (χ4n) is 3.29. The fourth-order valence-corrected chi connectivity index (χ4v) is 3.42. The predicted octanol–water partition coefficient (Wildman–Crippen LogP) is 5.04. The van der Waals surface area contributed by atoms with Crippen molar-refractivity contribution in [2.45, 2.75) is 26.9 Å². The quantitative estimate of drug-likeness (QED) is 0.468. The van der Waals surface area contributed by atoms with Crippen LogP contribution in [0.2, 0.25) is 5.02 Å². The van der Waals surface area contributed by atoms with Crippen molar-refractivity contribution < 1.29 is 0 Å². The van der Waals surface area contributed by atoms with E-state index in [0.29, 0.717) is 0 Å². The van der Waals surface area contributed by atoms with Crippen molar-refractivity contribution in [3.8, 4) is 11.4 Å². The molecule has 29 heavy (non-hydrogen) atoms. The summed E-state index contributed by atoms with van der Waals surface area (Å²) < 4.78 is 3.97. The van der Waals surface area contributed by atoms with Crippen molar-refractivity contribution >= 4 is 24.0 Å². The van der Waals surface area contributed by atoms with Crippen molar-refractivity contribution in [3.63, 3.8) is 0 Å². The maximum Gasteiger partial charge on any atom is 0.0991 e. The van der Waals surface area contributed by atoms with Crippen LogP contribution in [0.3, 0.4) is 0 Å². The Morgan fingerprint density at radius 2 is 1.62 bits per heavy atom. The highest BCUT2D eigenvalue weighted by atomic mass is 35.5. The van der Waals surface area contributed by atoms with Gasteiger partial charge in [-0.15, -0.1) is 12.4 Å². The Kier molecular flexibility index (Phi) is 6.75. The molecule has 7 heteroatoms. The highest BCUT2D eigenvalue weighted by molar-refractivity contribution is 6.30. The molecule has 0 atom stereocenters. The largest absolute Gasteiger partial charge is 0.308 e. The molecule has 2 aromatic carbocycles. The smallest absolute Gasteiger partial charge is 0.0991 e. The zero-order valence-corrected chi connectivity index (χ0v) is 17.9. The van der Waals surface area contributed by atoms with Gasteiger partial charge in [-0.05, 0) is 55.8 Å². The third-order valence-corrected chi connectivity index (χ3v) is 5.13. The van der Waals surface area contributed by atoms with Gasteiger partial charge in [0.1, 0.15) is 0 Å². The SMILES string of the molecule is Cc1nn(-c2ccc(Cl)cc2)c(C)c1CNCc1ccc(-n2ccnc2)cc1.Cl. The monoisotopic (exact) mass is 427 g/mol. The average Bonchev–Trinajstić information content (AvgIpc) is 3.33. The first-order valence-electron chi connectivity index (χ1n) is 9.21. The molecule has 2 aromatic heterocycles. The molecule has 1 N–H and O–H groups in total. The molecule has 0 radical (unpaired) electrons. The van der Waals surface area contributed by atoms with Gasteiger partial charge < -0.3 is 9.88 Å². The minimum Gasteiger partial charge on any atom is -0.308 e. The van der Waals surface area contributed by atoms with E-state index in [1.54, 1.807) is 12.5 Å². The number of hydrogen-bond acceptors (Lipinski definition) is 3. The Morgan fingerprint density at radius 3 is 2.28 bits per heavy atom. The number of rotatable bonds is 6. The van der Waals surface area contributed by atoms with Crippen LogP contribution in [0.5, 0.6) is 0 Å². The Balaban J connectivity index is 0.00000240. The zero-order chi connectivity index (χ0) is 19.5. The molecule has 0 aliphatic rings. The Bertz CT molecular complexity index is 1050. The zero-order valence-electron chi connectivity index (χ0n) is 16.3. The number of hydrogen-bond donors (Lipinski definition) is 1. The van der Waals surface area contributed by atoms with Crippen molar-refractivity contribution in [1.82, 2.24) is 24.6 Å². The first-order chi connectivity index (χ1) is 13.6. The summed E-state index contributed by atoms with van der Waals surface area (Å²) in [4.78, 5) is 4.08. The molecule has 150 valence electrons. The third kappa shape index (κ3) is 4.70. The molecule has 0 amide bonds. The molecule has 4 rings (SSSR count). The van der Waals surface area contributed by atoms with Crippen LogP contribution in [0.25, 0.3) is 11.4 Å². The maximum atomic E-state index is 6.00. The summed E-state index contributed by atoms with van der Waals surface area (Å²) in [5.74, 6) is 0. The lowest BCUT2D eigenvalue weighted by Crippen LogP contribution is -2.14. The minimum atomic E-state index is 0. The predicted molar refractivity (Wildman–Crippen MR) is 119 cm³/mol. The van der Waals surface area contributed by atoms with Gasteiger partial charge in [0.15, 0.2) is 0 Å². The Labute approximate surface area is 181 Å². The highest BCUT2D eigenvalue weighted by Crippen LogP contribution is 2.19. The van der Waals surface area contributed by atoms with E-state index < -0.39 is 0 Å². The van der Waals surface area contributed by atoms with E-state index in [4.69, 9.17) is 16.7 Å². The van der Waals surface area contributed by atoms with Crippen molar-refractivity contribution in [2.75, 3.05) is 0 Å². The second-order valence-electron chi connectivity index (χ2n) is 6.78. The number of benzene rings is 2. The number of imidazole rings is 1. The van der Waals surface area contributed by atoms with E-state index in [1.165, 1.54) is 11.1 Å². The van der Waals surface area contributed by atoms with Crippen LogP contribution < -0.4 is 5.32 Å². The average molecular weight is 428 g/mol. The Morgan fingerprint density at radius 1 is 0.931 bits per heavy atom. The molecule has 0 saturated heterocycles. The first-order valence-corrected chi connectivity index (χ1v) is 9.58. The number of nitrogens with zero attached hydrogens (tertiary/aromatic N) is 4. The van der Waals surface area contributed by atoms with Crippen molar-refractivity contribution in [1.29, 1.82) is 0 Å². The van der Waals surface area contributed by atoms with Gasteiger partial charge in [0.2, 0.25) is 0 Å². The van der Waals surface area contributed by atoms with Crippen LogP contribution in [0.1, 0.15) is 22.5 Å². The summed E-state index contributed by atoms with van der Waals surface area (Å²) >= 11 is 6.00. The number of aromatic nitrogens is 4. The van der Waals surface area contributed by atoms with Gasteiger partial charge in [-0.3, -0.25) is 0 Å². The molecule has 0 aliphatic heterocycles. The molecular weight excluding hydrogens is 405 g/mol. The van der Waals surface area contributed by atoms with Gasteiger partial charge in [-0.2, -0.15) is 5.10 Å². The van der Waals surface area contributed by atoms with Crippen LogP contribution in [-0.4, -0.2) is 19.3 Å². The summed E-state index contributed by atoms with van der Waals surface area (Å²) in [5, 5.41) is 8.96.